The minimum absolute atomic E-state index is 0. The molecule has 0 radical (unpaired) electrons. The van der Waals surface area contributed by atoms with Crippen molar-refractivity contribution in [3.05, 3.63) is 98.2 Å². The first-order valence-electron chi connectivity index (χ1n) is 14.4. The summed E-state index contributed by atoms with van der Waals surface area (Å²) in [5, 5.41) is 0. The van der Waals surface area contributed by atoms with Gasteiger partial charge in [-0.05, 0) is 79.5 Å². The van der Waals surface area contributed by atoms with Gasteiger partial charge in [0, 0.05) is 22.2 Å². The highest BCUT2D eigenvalue weighted by molar-refractivity contribution is 9.10. The first-order valence-corrected chi connectivity index (χ1v) is 15.3. The van der Waals surface area contributed by atoms with E-state index in [-0.39, 0.29) is 25.8 Å². The van der Waals surface area contributed by atoms with Crippen molar-refractivity contribution in [3.63, 3.8) is 0 Å². The second-order valence-electron chi connectivity index (χ2n) is 9.48. The molecule has 0 aromatic heterocycles. The molecule has 0 amide bonds. The average molecular weight is 718 g/mol. The van der Waals surface area contributed by atoms with Crippen LogP contribution in [0.2, 0.25) is 0 Å². The van der Waals surface area contributed by atoms with Crippen LogP contribution in [0, 0.1) is 5.82 Å². The van der Waals surface area contributed by atoms with Gasteiger partial charge >= 0.3 is 0 Å². The predicted octanol–water partition coefficient (Wildman–Crippen LogP) is 9.92. The highest BCUT2D eigenvalue weighted by Gasteiger charge is 2.16. The van der Waals surface area contributed by atoms with Gasteiger partial charge in [-0.15, -0.1) is 0 Å². The van der Waals surface area contributed by atoms with Gasteiger partial charge in [0.25, 0.3) is 0 Å². The Morgan fingerprint density at radius 2 is 1.33 bits per heavy atom. The first-order chi connectivity index (χ1) is 20.5. The molecule has 3 aromatic rings. The topological polar surface area (TPSA) is 46.2 Å². The Balaban J connectivity index is 0.000000283. The maximum absolute atomic E-state index is 12.8. The molecule has 0 saturated carbocycles. The van der Waals surface area contributed by atoms with E-state index in [0.29, 0.717) is 19.8 Å². The molecule has 3 aromatic carbocycles. The second kappa shape index (κ2) is 20.9. The molecule has 232 valence electrons. The Bertz CT molecular complexity index is 1160. The van der Waals surface area contributed by atoms with E-state index in [1.807, 2.05) is 36.4 Å². The third-order valence-corrected chi connectivity index (χ3v) is 7.89. The van der Waals surface area contributed by atoms with Crippen LogP contribution in [0.25, 0.3) is 0 Å². The maximum atomic E-state index is 12.8. The van der Waals surface area contributed by atoms with E-state index < -0.39 is 7.15 Å². The number of rotatable bonds is 9. The van der Waals surface area contributed by atoms with Crippen LogP contribution in [-0.2, 0) is 38.8 Å². The summed E-state index contributed by atoms with van der Waals surface area (Å²) >= 11 is 6.91. The molecule has 42 heavy (non-hydrogen) atoms. The summed E-state index contributed by atoms with van der Waals surface area (Å²) in [6.45, 7) is 3.14. The molecule has 2 atom stereocenters. The molecule has 0 spiro atoms. The lowest BCUT2D eigenvalue weighted by molar-refractivity contribution is -0.169. The third-order valence-electron chi connectivity index (χ3n) is 6.41. The number of hydrogen-bond acceptors (Lipinski definition) is 5. The molecule has 2 unspecified atom stereocenters. The quantitative estimate of drug-likeness (QED) is 0.221. The number of alkyl halides is 1. The zero-order valence-corrected chi connectivity index (χ0v) is 26.2. The first kappa shape index (κ1) is 34.6. The molecular formula is C33H42Br2F2O5. The third kappa shape index (κ3) is 13.2. The summed E-state index contributed by atoms with van der Waals surface area (Å²) in [7, 11) is -1.00. The van der Waals surface area contributed by atoms with E-state index in [2.05, 4.69) is 44.0 Å². The Morgan fingerprint density at radius 1 is 0.786 bits per heavy atom. The Morgan fingerprint density at radius 3 is 1.83 bits per heavy atom. The molecule has 5 rings (SSSR count). The van der Waals surface area contributed by atoms with Crippen molar-refractivity contribution in [1.29, 1.82) is 0 Å². The van der Waals surface area contributed by atoms with Crippen LogP contribution in [0.3, 0.4) is 0 Å². The van der Waals surface area contributed by atoms with Crippen molar-refractivity contribution in [3.8, 4) is 5.75 Å². The van der Waals surface area contributed by atoms with Gasteiger partial charge in [-0.2, -0.15) is 0 Å². The highest BCUT2D eigenvalue weighted by Crippen LogP contribution is 2.26. The lowest BCUT2D eigenvalue weighted by Crippen LogP contribution is -2.22. The SMILES string of the molecule is Brc1cc(OCc2ccccc2)ccc1COC1CCCCO1.C.Fc1ccc(COC2CCCCO2)c(Br)c1.[2H]CF. The summed E-state index contributed by atoms with van der Waals surface area (Å²) in [6, 6.07) is 20.8. The fraction of sp³-hybridized carbons (Fsp3) is 0.455. The van der Waals surface area contributed by atoms with E-state index in [9.17, 15) is 8.78 Å². The van der Waals surface area contributed by atoms with Crippen molar-refractivity contribution in [1.82, 2.24) is 0 Å². The van der Waals surface area contributed by atoms with Gasteiger partial charge in [-0.3, -0.25) is 4.39 Å². The van der Waals surface area contributed by atoms with Crippen molar-refractivity contribution in [2.75, 3.05) is 20.4 Å². The molecule has 0 aliphatic carbocycles. The zero-order valence-electron chi connectivity index (χ0n) is 24.0. The minimum Gasteiger partial charge on any atom is -0.489 e. The summed E-state index contributed by atoms with van der Waals surface area (Å²) in [5.41, 5.74) is 3.20. The molecule has 9 heteroatoms. The average Bonchev–Trinajstić information content (AvgIpc) is 3.01. The Labute approximate surface area is 267 Å². The van der Waals surface area contributed by atoms with E-state index >= 15 is 0 Å². The van der Waals surface area contributed by atoms with E-state index in [4.69, 9.17) is 25.1 Å². The molecule has 2 aliphatic rings. The molecule has 2 fully saturated rings. The normalized spacial score (nSPS) is 18.2. The van der Waals surface area contributed by atoms with E-state index in [1.165, 1.54) is 18.6 Å². The van der Waals surface area contributed by atoms with Crippen LogP contribution < -0.4 is 4.74 Å². The minimum atomic E-state index is -1.00. The van der Waals surface area contributed by atoms with Crippen molar-refractivity contribution in [2.24, 2.45) is 0 Å². The summed E-state index contributed by atoms with van der Waals surface area (Å²) in [4.78, 5) is 0. The molecular weight excluding hydrogens is 674 g/mol. The molecule has 0 N–H and O–H groups in total. The molecule has 5 nitrogen and oxygen atoms in total. The highest BCUT2D eigenvalue weighted by atomic mass is 79.9. The summed E-state index contributed by atoms with van der Waals surface area (Å²) in [6.07, 6.45) is 6.33. The Kier molecular flexibility index (Phi) is 17.2. The second-order valence-corrected chi connectivity index (χ2v) is 11.2. The molecule has 2 heterocycles. The van der Waals surface area contributed by atoms with Gasteiger partial charge in [0.1, 0.15) is 18.2 Å². The smallest absolute Gasteiger partial charge is 0.158 e. The number of ether oxygens (including phenoxy) is 5. The van der Waals surface area contributed by atoms with Gasteiger partial charge < -0.3 is 23.7 Å². The fourth-order valence-electron chi connectivity index (χ4n) is 4.17. The van der Waals surface area contributed by atoms with Gasteiger partial charge in [-0.25, -0.2) is 4.39 Å². The maximum Gasteiger partial charge on any atom is 0.158 e. The fourth-order valence-corrected chi connectivity index (χ4v) is 5.10. The van der Waals surface area contributed by atoms with Crippen LogP contribution in [0.1, 0.15) is 64.0 Å². The largest absolute Gasteiger partial charge is 0.489 e. The van der Waals surface area contributed by atoms with Crippen LogP contribution in [0.15, 0.2) is 75.7 Å². The van der Waals surface area contributed by atoms with Gasteiger partial charge in [-0.1, -0.05) is 81.8 Å². The van der Waals surface area contributed by atoms with Gasteiger partial charge in [0.15, 0.2) is 12.6 Å². The number of hydrogen-bond donors (Lipinski definition) is 0. The summed E-state index contributed by atoms with van der Waals surface area (Å²) < 4.78 is 58.4. The molecule has 2 saturated heterocycles. The lowest BCUT2D eigenvalue weighted by atomic mass is 10.2. The summed E-state index contributed by atoms with van der Waals surface area (Å²) in [5.74, 6) is 0.600. The van der Waals surface area contributed by atoms with Crippen molar-refractivity contribution >= 4 is 31.9 Å². The van der Waals surface area contributed by atoms with Crippen LogP contribution >= 0.6 is 31.9 Å². The molecule has 0 bridgehead atoms. The number of halogens is 4. The van der Waals surface area contributed by atoms with Gasteiger partial charge in [0.2, 0.25) is 0 Å². The van der Waals surface area contributed by atoms with Gasteiger partial charge in [0.05, 0.1) is 21.7 Å². The van der Waals surface area contributed by atoms with Crippen molar-refractivity contribution in [2.45, 2.75) is 78.4 Å². The lowest BCUT2D eigenvalue weighted by Gasteiger charge is -2.23. The number of benzene rings is 3. The van der Waals surface area contributed by atoms with Crippen LogP contribution in [0.5, 0.6) is 5.75 Å². The van der Waals surface area contributed by atoms with E-state index in [1.54, 1.807) is 6.07 Å². The Hall–Kier alpha value is -1.88. The van der Waals surface area contributed by atoms with Crippen molar-refractivity contribution < 1.29 is 33.8 Å². The monoisotopic (exact) mass is 715 g/mol. The van der Waals surface area contributed by atoms with Crippen LogP contribution in [0.4, 0.5) is 8.78 Å². The van der Waals surface area contributed by atoms with Crippen LogP contribution in [-0.4, -0.2) is 32.9 Å². The zero-order chi connectivity index (χ0) is 30.0. The van der Waals surface area contributed by atoms with E-state index in [0.717, 1.165) is 76.7 Å². The molecule has 2 aliphatic heterocycles. The standard InChI is InChI=1S/C19H21BrO3.C12H14BrFO2.CH3F.CH4/c20-18-12-17(22-13-15-6-2-1-3-7-15)10-9-16(18)14-23-19-8-4-5-11-21-19;13-11-7-10(14)5-4-9(11)8-16-12-3-1-2-6-15-12;1-2;/h1-3,6-7,9-10,12,19H,4-5,8,11,13-14H2;4-5,7,12H,1-3,6,8H2;1H3;1H4/i;;1D;. The predicted molar refractivity (Wildman–Crippen MR) is 170 cm³/mol.